The lowest BCUT2D eigenvalue weighted by molar-refractivity contribution is -0.396. The van der Waals surface area contributed by atoms with Crippen molar-refractivity contribution in [2.75, 3.05) is 0 Å². The minimum absolute atomic E-state index is 0.0494. The molecule has 0 aromatic heterocycles. The average molecular weight is 367 g/mol. The topological polar surface area (TPSA) is 159 Å². The van der Waals surface area contributed by atoms with Crippen molar-refractivity contribution in [1.29, 1.82) is 0 Å². The minimum Gasteiger partial charge on any atom is -0.410 e. The number of amides is 1. The van der Waals surface area contributed by atoms with Crippen LogP contribution in [0.4, 0.5) is 16.2 Å². The molecule has 1 amide bonds. The number of nitro groups is 2. The molecule has 11 nitrogen and oxygen atoms in total. The SMILES string of the molecule is O=C(NS(=O)(=O)c1ccc([N+](=O)[O-])cc1[N+](=O)[O-])Oc1ccccc1. The number of ether oxygens (including phenoxy) is 1. The van der Waals surface area contributed by atoms with Gasteiger partial charge in [0.2, 0.25) is 0 Å². The van der Waals surface area contributed by atoms with Gasteiger partial charge < -0.3 is 4.74 Å². The van der Waals surface area contributed by atoms with Gasteiger partial charge in [-0.1, -0.05) is 18.2 Å². The molecule has 2 aromatic rings. The predicted octanol–water partition coefficient (Wildman–Crippen LogP) is 1.98. The van der Waals surface area contributed by atoms with Crippen molar-refractivity contribution < 1.29 is 27.8 Å². The molecule has 130 valence electrons. The molecule has 1 N–H and O–H groups in total. The highest BCUT2D eigenvalue weighted by Crippen LogP contribution is 2.28. The Balaban J connectivity index is 2.31. The number of hydrogen-bond acceptors (Lipinski definition) is 8. The van der Waals surface area contributed by atoms with Crippen molar-refractivity contribution in [3.8, 4) is 5.75 Å². The van der Waals surface area contributed by atoms with Gasteiger partial charge in [-0.2, -0.15) is 0 Å². The first kappa shape index (κ1) is 17.8. The molecule has 0 heterocycles. The Morgan fingerprint density at radius 1 is 1.00 bits per heavy atom. The number of sulfonamides is 1. The standard InChI is InChI=1S/C13H9N3O8S/c17-13(24-10-4-2-1-3-5-10)14-25(22,23)12-7-6-9(15(18)19)8-11(12)16(20)21/h1-8H,(H,14,17). The smallest absolute Gasteiger partial charge is 0.410 e. The number of rotatable bonds is 5. The molecule has 12 heteroatoms. The molecule has 0 saturated carbocycles. The van der Waals surface area contributed by atoms with Crippen LogP contribution in [0.3, 0.4) is 0 Å². The van der Waals surface area contributed by atoms with Crippen LogP contribution in [0.1, 0.15) is 0 Å². The molecule has 0 aliphatic rings. The van der Waals surface area contributed by atoms with Crippen molar-refractivity contribution >= 4 is 27.5 Å². The molecule has 0 spiro atoms. The van der Waals surface area contributed by atoms with Crippen molar-refractivity contribution in [3.05, 3.63) is 68.8 Å². The zero-order chi connectivity index (χ0) is 18.6. The number of carbonyl (C=O) groups is 1. The van der Waals surface area contributed by atoms with Gasteiger partial charge in [0.15, 0.2) is 4.90 Å². The van der Waals surface area contributed by atoms with Crippen LogP contribution in [-0.2, 0) is 10.0 Å². The Hall–Kier alpha value is -3.54. The van der Waals surface area contributed by atoms with Gasteiger partial charge >= 0.3 is 6.09 Å². The van der Waals surface area contributed by atoms with Crippen LogP contribution in [0.5, 0.6) is 5.75 Å². The van der Waals surface area contributed by atoms with E-state index in [1.165, 1.54) is 29.0 Å². The summed E-state index contributed by atoms with van der Waals surface area (Å²) < 4.78 is 30.5. The second-order valence-electron chi connectivity index (χ2n) is 4.47. The number of nitro benzene ring substituents is 2. The first-order valence-corrected chi connectivity index (χ1v) is 7.91. The highest BCUT2D eigenvalue weighted by molar-refractivity contribution is 7.90. The van der Waals surface area contributed by atoms with Gasteiger partial charge in [0, 0.05) is 6.07 Å². The number of benzene rings is 2. The van der Waals surface area contributed by atoms with Crippen molar-refractivity contribution in [3.63, 3.8) is 0 Å². The molecule has 0 saturated heterocycles. The van der Waals surface area contributed by atoms with E-state index >= 15 is 0 Å². The lowest BCUT2D eigenvalue weighted by Gasteiger charge is -2.08. The van der Waals surface area contributed by atoms with E-state index in [9.17, 15) is 33.4 Å². The third kappa shape index (κ3) is 4.26. The molecule has 2 rings (SSSR count). The van der Waals surface area contributed by atoms with E-state index in [0.717, 1.165) is 6.07 Å². The Bertz CT molecular complexity index is 943. The van der Waals surface area contributed by atoms with Gasteiger partial charge in [-0.15, -0.1) is 0 Å². The first-order chi connectivity index (χ1) is 11.7. The van der Waals surface area contributed by atoms with Gasteiger partial charge in [-0.05, 0) is 18.2 Å². The molecule has 0 radical (unpaired) electrons. The lowest BCUT2D eigenvalue weighted by Crippen LogP contribution is -2.33. The Labute approximate surface area is 140 Å². The van der Waals surface area contributed by atoms with Crippen molar-refractivity contribution in [1.82, 2.24) is 4.72 Å². The normalized spacial score (nSPS) is 10.7. The van der Waals surface area contributed by atoms with Crippen LogP contribution in [-0.4, -0.2) is 24.4 Å². The summed E-state index contributed by atoms with van der Waals surface area (Å²) in [4.78, 5) is 30.4. The first-order valence-electron chi connectivity index (χ1n) is 6.43. The van der Waals surface area contributed by atoms with Gasteiger partial charge in [-0.3, -0.25) is 20.2 Å². The van der Waals surface area contributed by atoms with E-state index in [1.54, 1.807) is 6.07 Å². The summed E-state index contributed by atoms with van der Waals surface area (Å²) in [7, 11) is -4.69. The largest absolute Gasteiger partial charge is 0.426 e. The molecule has 0 aliphatic carbocycles. The predicted molar refractivity (Wildman–Crippen MR) is 82.5 cm³/mol. The van der Waals surface area contributed by atoms with Gasteiger partial charge in [0.1, 0.15) is 5.75 Å². The summed E-state index contributed by atoms with van der Waals surface area (Å²) in [6, 6.07) is 9.41. The second kappa shape index (κ2) is 6.92. The van der Waals surface area contributed by atoms with E-state index in [1.807, 2.05) is 0 Å². The third-order valence-electron chi connectivity index (χ3n) is 2.81. The molecule has 0 fully saturated rings. The number of hydrogen-bond donors (Lipinski definition) is 1. The molecular weight excluding hydrogens is 358 g/mol. The number of para-hydroxylation sites is 1. The fourth-order valence-electron chi connectivity index (χ4n) is 1.77. The number of carbonyl (C=O) groups excluding carboxylic acids is 1. The van der Waals surface area contributed by atoms with E-state index < -0.39 is 42.2 Å². The van der Waals surface area contributed by atoms with Crippen molar-refractivity contribution in [2.45, 2.75) is 4.90 Å². The Morgan fingerprint density at radius 2 is 1.64 bits per heavy atom. The maximum absolute atomic E-state index is 12.2. The average Bonchev–Trinajstić information content (AvgIpc) is 2.54. The summed E-state index contributed by atoms with van der Waals surface area (Å²) in [5.74, 6) is 0.0494. The third-order valence-corrected chi connectivity index (χ3v) is 4.17. The zero-order valence-electron chi connectivity index (χ0n) is 12.2. The van der Waals surface area contributed by atoms with Gasteiger partial charge in [0.25, 0.3) is 21.4 Å². The highest BCUT2D eigenvalue weighted by atomic mass is 32.2. The summed E-state index contributed by atoms with van der Waals surface area (Å²) in [6.07, 6.45) is -1.39. The number of nitrogens with one attached hydrogen (secondary N) is 1. The van der Waals surface area contributed by atoms with E-state index in [0.29, 0.717) is 12.1 Å². The van der Waals surface area contributed by atoms with Crippen molar-refractivity contribution in [2.24, 2.45) is 0 Å². The molecule has 0 atom stereocenters. The highest BCUT2D eigenvalue weighted by Gasteiger charge is 2.30. The van der Waals surface area contributed by atoms with E-state index in [2.05, 4.69) is 0 Å². The van der Waals surface area contributed by atoms with Crippen LogP contribution in [0.2, 0.25) is 0 Å². The monoisotopic (exact) mass is 367 g/mol. The summed E-state index contributed by atoms with van der Waals surface area (Å²) in [5.41, 5.74) is -1.72. The maximum atomic E-state index is 12.2. The molecule has 2 aromatic carbocycles. The number of non-ortho nitro benzene ring substituents is 1. The molecule has 0 unspecified atom stereocenters. The molecule has 25 heavy (non-hydrogen) atoms. The fraction of sp³-hybridized carbons (Fsp3) is 0. The zero-order valence-corrected chi connectivity index (χ0v) is 13.0. The summed E-state index contributed by atoms with van der Waals surface area (Å²) in [5, 5.41) is 21.7. The minimum atomic E-state index is -4.69. The Morgan fingerprint density at radius 3 is 2.20 bits per heavy atom. The van der Waals surface area contributed by atoms with Crippen LogP contribution in [0.15, 0.2) is 53.4 Å². The van der Waals surface area contributed by atoms with Gasteiger partial charge in [-0.25, -0.2) is 17.9 Å². The quantitative estimate of drug-likeness (QED) is 0.620. The van der Waals surface area contributed by atoms with Crippen LogP contribution in [0, 0.1) is 20.2 Å². The molecule has 0 bridgehead atoms. The van der Waals surface area contributed by atoms with Gasteiger partial charge in [0.05, 0.1) is 15.9 Å². The van der Waals surface area contributed by atoms with Crippen LogP contribution >= 0.6 is 0 Å². The van der Waals surface area contributed by atoms with E-state index in [-0.39, 0.29) is 5.75 Å². The fourth-order valence-corrected chi connectivity index (χ4v) is 2.80. The molecule has 0 aliphatic heterocycles. The van der Waals surface area contributed by atoms with E-state index in [4.69, 9.17) is 4.74 Å². The summed E-state index contributed by atoms with van der Waals surface area (Å²) >= 11 is 0. The van der Waals surface area contributed by atoms with Crippen LogP contribution < -0.4 is 9.46 Å². The number of nitrogens with zero attached hydrogens (tertiary/aromatic N) is 2. The Kier molecular flexibility index (Phi) is 4.93. The second-order valence-corrected chi connectivity index (χ2v) is 6.13. The summed E-state index contributed by atoms with van der Waals surface area (Å²) in [6.45, 7) is 0. The maximum Gasteiger partial charge on any atom is 0.426 e. The van der Waals surface area contributed by atoms with Crippen LogP contribution in [0.25, 0.3) is 0 Å². The molecular formula is C13H9N3O8S. The lowest BCUT2D eigenvalue weighted by atomic mass is 10.3.